The van der Waals surface area contributed by atoms with E-state index in [4.69, 9.17) is 21.5 Å². The molecule has 0 aromatic carbocycles. The molecule has 1 fully saturated rings. The number of aliphatic hydroxyl groups excluding tert-OH is 1. The van der Waals surface area contributed by atoms with E-state index in [9.17, 15) is 28.2 Å². The van der Waals surface area contributed by atoms with Gasteiger partial charge in [0.25, 0.3) is 0 Å². The Labute approximate surface area is 137 Å². The minimum absolute atomic E-state index is 0.0162. The molecule has 1 rings (SSSR count). The lowest BCUT2D eigenvalue weighted by molar-refractivity contribution is -0.152. The van der Waals surface area contributed by atoms with Crippen LogP contribution in [0.2, 0.25) is 6.32 Å². The highest BCUT2D eigenvalue weighted by Crippen LogP contribution is 2.33. The first kappa shape index (κ1) is 21.1. The molecule has 140 valence electrons. The van der Waals surface area contributed by atoms with Crippen molar-refractivity contribution in [1.29, 1.82) is 0 Å². The van der Waals surface area contributed by atoms with Crippen LogP contribution in [0.5, 0.6) is 0 Å². The second-order valence-corrected chi connectivity index (χ2v) is 6.28. The summed E-state index contributed by atoms with van der Waals surface area (Å²) in [5.74, 6) is -2.00. The van der Waals surface area contributed by atoms with E-state index in [2.05, 4.69) is 0 Å². The molecule has 8 N–H and O–H groups in total. The topological polar surface area (TPSA) is 153 Å². The summed E-state index contributed by atoms with van der Waals surface area (Å²) in [6.45, 7) is -0.390. The maximum atomic E-state index is 12.4. The van der Waals surface area contributed by atoms with Crippen molar-refractivity contribution < 1.29 is 38.2 Å². The Bertz CT molecular complexity index is 443. The van der Waals surface area contributed by atoms with Gasteiger partial charge in [-0.2, -0.15) is 13.2 Å². The summed E-state index contributed by atoms with van der Waals surface area (Å²) in [6.07, 6.45) is -7.13. The highest BCUT2D eigenvalue weighted by molar-refractivity contribution is 6.40. The Hall–Kier alpha value is -0.915. The Morgan fingerprint density at radius 2 is 2.00 bits per heavy atom. The molecule has 1 aliphatic rings. The van der Waals surface area contributed by atoms with Gasteiger partial charge in [0, 0.05) is 19.0 Å². The van der Waals surface area contributed by atoms with Crippen LogP contribution in [0.1, 0.15) is 19.3 Å². The zero-order valence-corrected chi connectivity index (χ0v) is 13.0. The Morgan fingerprint density at radius 3 is 2.46 bits per heavy atom. The van der Waals surface area contributed by atoms with Crippen LogP contribution in [0.15, 0.2) is 0 Å². The maximum absolute atomic E-state index is 12.4. The molecular weight excluding hydrogens is 334 g/mol. The maximum Gasteiger partial charge on any atom is 0.451 e. The van der Waals surface area contributed by atoms with Crippen molar-refractivity contribution >= 4 is 13.1 Å². The fourth-order valence-corrected chi connectivity index (χ4v) is 2.96. The van der Waals surface area contributed by atoms with Crippen molar-refractivity contribution in [2.24, 2.45) is 17.4 Å². The molecule has 12 heteroatoms. The summed E-state index contributed by atoms with van der Waals surface area (Å²) in [6, 6.07) is -1.62. The number of hydrogen-bond acceptors (Lipinski definition) is 7. The highest BCUT2D eigenvalue weighted by Gasteiger charge is 2.51. The fraction of sp³-hybridized carbons (Fsp3) is 0.917. The molecule has 1 heterocycles. The Kier molecular flexibility index (Phi) is 7.02. The molecule has 1 saturated heterocycles. The highest BCUT2D eigenvalue weighted by atomic mass is 19.4. The number of likely N-dealkylation sites (tertiary alicyclic amines) is 1. The van der Waals surface area contributed by atoms with Crippen LogP contribution >= 0.6 is 0 Å². The number of rotatable bonds is 8. The largest absolute Gasteiger partial charge is 0.480 e. The zero-order valence-electron chi connectivity index (χ0n) is 13.0. The number of carboxylic acids is 1. The minimum Gasteiger partial charge on any atom is -0.480 e. The SMILES string of the molecule is NC(CC(F)(F)F)C(O)N1CC(CCCB(O)O)[C@](N)(C(=O)O)C1. The number of aliphatic carboxylic acids is 1. The van der Waals surface area contributed by atoms with Gasteiger partial charge in [0.05, 0.1) is 12.5 Å². The summed E-state index contributed by atoms with van der Waals surface area (Å²) < 4.78 is 37.1. The van der Waals surface area contributed by atoms with E-state index in [0.717, 1.165) is 4.90 Å². The van der Waals surface area contributed by atoms with E-state index in [1.54, 1.807) is 0 Å². The van der Waals surface area contributed by atoms with Gasteiger partial charge in [0.15, 0.2) is 0 Å². The second-order valence-electron chi connectivity index (χ2n) is 6.28. The molecular formula is C12H23BF3N3O5. The van der Waals surface area contributed by atoms with Crippen molar-refractivity contribution in [3.8, 4) is 0 Å². The molecule has 1 aliphatic heterocycles. The Balaban J connectivity index is 2.76. The zero-order chi connectivity index (χ0) is 18.7. The number of halogens is 3. The smallest absolute Gasteiger partial charge is 0.451 e. The average Bonchev–Trinajstić information content (AvgIpc) is 2.74. The fourth-order valence-electron chi connectivity index (χ4n) is 2.96. The van der Waals surface area contributed by atoms with Crippen LogP contribution in [0.4, 0.5) is 13.2 Å². The van der Waals surface area contributed by atoms with Crippen LogP contribution in [-0.2, 0) is 4.79 Å². The first-order chi connectivity index (χ1) is 10.9. The molecule has 4 atom stereocenters. The van der Waals surface area contributed by atoms with E-state index >= 15 is 0 Å². The monoisotopic (exact) mass is 357 g/mol. The molecule has 0 spiro atoms. The number of nitrogens with zero attached hydrogens (tertiary/aromatic N) is 1. The number of carbonyl (C=O) groups is 1. The molecule has 0 aromatic rings. The number of hydrogen-bond donors (Lipinski definition) is 6. The van der Waals surface area contributed by atoms with Crippen molar-refractivity contribution in [3.05, 3.63) is 0 Å². The van der Waals surface area contributed by atoms with Crippen molar-refractivity contribution in [2.45, 2.75) is 49.6 Å². The summed E-state index contributed by atoms with van der Waals surface area (Å²) in [5.41, 5.74) is 9.49. The second kappa shape index (κ2) is 7.98. The van der Waals surface area contributed by atoms with Crippen LogP contribution in [0, 0.1) is 5.92 Å². The molecule has 3 unspecified atom stereocenters. The summed E-state index contributed by atoms with van der Waals surface area (Å²) in [5, 5.41) is 37.0. The van der Waals surface area contributed by atoms with Crippen molar-refractivity contribution in [3.63, 3.8) is 0 Å². The third-order valence-corrected chi connectivity index (χ3v) is 4.29. The van der Waals surface area contributed by atoms with Crippen LogP contribution in [-0.4, -0.2) is 75.3 Å². The molecule has 0 saturated carbocycles. The molecule has 24 heavy (non-hydrogen) atoms. The van der Waals surface area contributed by atoms with Crippen LogP contribution in [0.25, 0.3) is 0 Å². The number of nitrogens with two attached hydrogens (primary N) is 2. The first-order valence-electron chi connectivity index (χ1n) is 7.49. The predicted molar refractivity (Wildman–Crippen MR) is 78.5 cm³/mol. The van der Waals surface area contributed by atoms with Crippen molar-refractivity contribution in [1.82, 2.24) is 4.90 Å². The standard InChI is InChI=1S/C12H23BF3N3O5/c14-12(15,16)4-8(17)9(20)19-5-7(2-1-3-13(23)24)11(18,6-19)10(21)22/h7-9,20,23-24H,1-6,17-18H2,(H,21,22)/t7?,8?,9?,11-/m0/s1. The summed E-state index contributed by atoms with van der Waals surface area (Å²) >= 11 is 0. The van der Waals surface area contributed by atoms with E-state index in [1.807, 2.05) is 0 Å². The summed E-state index contributed by atoms with van der Waals surface area (Å²) in [7, 11) is -1.54. The van der Waals surface area contributed by atoms with Gasteiger partial charge in [0.2, 0.25) is 0 Å². The summed E-state index contributed by atoms with van der Waals surface area (Å²) in [4.78, 5) is 12.6. The normalized spacial score (nSPS) is 27.9. The average molecular weight is 357 g/mol. The lowest BCUT2D eigenvalue weighted by Crippen LogP contribution is -2.56. The van der Waals surface area contributed by atoms with Gasteiger partial charge in [0.1, 0.15) is 11.8 Å². The van der Waals surface area contributed by atoms with Gasteiger partial charge in [-0.25, -0.2) is 0 Å². The van der Waals surface area contributed by atoms with Gasteiger partial charge in [-0.15, -0.1) is 0 Å². The van der Waals surface area contributed by atoms with Gasteiger partial charge in [-0.3, -0.25) is 9.69 Å². The van der Waals surface area contributed by atoms with Gasteiger partial charge >= 0.3 is 19.3 Å². The van der Waals surface area contributed by atoms with E-state index < -0.39 is 49.4 Å². The first-order valence-corrected chi connectivity index (χ1v) is 7.49. The van der Waals surface area contributed by atoms with Crippen LogP contribution < -0.4 is 11.5 Å². The van der Waals surface area contributed by atoms with E-state index in [1.165, 1.54) is 0 Å². The lowest BCUT2D eigenvalue weighted by Gasteiger charge is -2.29. The minimum atomic E-state index is -4.55. The van der Waals surface area contributed by atoms with Gasteiger partial charge in [-0.1, -0.05) is 6.42 Å². The lowest BCUT2D eigenvalue weighted by atomic mass is 9.78. The molecule has 0 aromatic heterocycles. The van der Waals surface area contributed by atoms with E-state index in [-0.39, 0.29) is 32.3 Å². The molecule has 0 bridgehead atoms. The van der Waals surface area contributed by atoms with Crippen molar-refractivity contribution in [2.75, 3.05) is 13.1 Å². The molecule has 8 nitrogen and oxygen atoms in total. The predicted octanol–water partition coefficient (Wildman–Crippen LogP) is -1.45. The quantitative estimate of drug-likeness (QED) is 0.289. The number of aliphatic hydroxyl groups is 1. The third-order valence-electron chi connectivity index (χ3n) is 4.29. The Morgan fingerprint density at radius 1 is 1.42 bits per heavy atom. The van der Waals surface area contributed by atoms with Gasteiger partial charge in [-0.05, 0) is 12.7 Å². The van der Waals surface area contributed by atoms with Crippen LogP contribution in [0.3, 0.4) is 0 Å². The van der Waals surface area contributed by atoms with E-state index in [0.29, 0.717) is 0 Å². The number of alkyl halides is 3. The molecule has 0 amide bonds. The molecule has 0 radical (unpaired) electrons. The number of carboxylic acid groups (broad SMARTS) is 1. The third kappa shape index (κ3) is 5.57. The molecule has 0 aliphatic carbocycles. The van der Waals surface area contributed by atoms with Gasteiger partial charge < -0.3 is 31.7 Å².